The van der Waals surface area contributed by atoms with Crippen molar-refractivity contribution in [3.8, 4) is 5.75 Å². The van der Waals surface area contributed by atoms with E-state index < -0.39 is 56.8 Å². The van der Waals surface area contributed by atoms with Crippen LogP contribution in [0.25, 0.3) is 5.76 Å². The minimum Gasteiger partial charge on any atom is -0.508 e. The molecule has 4 N–H and O–H groups in total. The molecule has 0 bridgehead atoms. The lowest BCUT2D eigenvalue weighted by Gasteiger charge is -2.60. The molecule has 0 aliphatic heterocycles. The Morgan fingerprint density at radius 3 is 2.13 bits per heavy atom. The Labute approximate surface area is 230 Å². The third-order valence-electron chi connectivity index (χ3n) is 9.37. The first-order chi connectivity index (χ1) is 17.8. The number of carbonyl (C=O) groups is 3. The normalized spacial score (nSPS) is 30.7. The molecule has 0 saturated heterocycles. The predicted octanol–water partition coefficient (Wildman–Crippen LogP) is 5.51. The maximum atomic E-state index is 14.4. The Balaban J connectivity index is 2.10. The third kappa shape index (κ3) is 3.75. The molecule has 0 heterocycles. The van der Waals surface area contributed by atoms with Gasteiger partial charge in [-0.1, -0.05) is 61.5 Å². The molecule has 3 aliphatic rings. The van der Waals surface area contributed by atoms with Crippen LogP contribution in [0.3, 0.4) is 0 Å². The molecule has 0 amide bonds. The molecule has 0 radical (unpaired) electrons. The monoisotopic (exact) mass is 538 g/mol. The number of aliphatic hydroxyl groups is 3. The summed E-state index contributed by atoms with van der Waals surface area (Å²) >= 11 is 0. The first kappa shape index (κ1) is 29.1. The highest BCUT2D eigenvalue weighted by Crippen LogP contribution is 2.65. The second kappa shape index (κ2) is 9.05. The molecular formula is C32H42O7. The van der Waals surface area contributed by atoms with Crippen molar-refractivity contribution < 1.29 is 34.8 Å². The average Bonchev–Trinajstić information content (AvgIpc) is 2.77. The molecule has 212 valence electrons. The average molecular weight is 539 g/mol. The van der Waals surface area contributed by atoms with E-state index in [0.717, 1.165) is 18.1 Å². The molecule has 39 heavy (non-hydrogen) atoms. The number of phenolic OH excluding ortho intramolecular Hbond substituents is 1. The summed E-state index contributed by atoms with van der Waals surface area (Å²) in [7, 11) is 0. The summed E-state index contributed by atoms with van der Waals surface area (Å²) < 4.78 is 0. The number of allylic oxidation sites excluding steroid dienone is 1. The van der Waals surface area contributed by atoms with E-state index >= 15 is 0 Å². The number of benzene rings is 1. The van der Waals surface area contributed by atoms with Gasteiger partial charge in [-0.05, 0) is 60.6 Å². The SMILES string of the molecule is CC(=O)C1=C(O)[C@]2(O)C(=O)C3=C(O)c4c(O)c(CC(C)C)cc(C(C)C)c4C[C@]3(C)C[C@]2(C)C(C(C)C)C1=O. The molecule has 1 fully saturated rings. The van der Waals surface area contributed by atoms with Crippen molar-refractivity contribution in [1.29, 1.82) is 0 Å². The number of hydrogen-bond donors (Lipinski definition) is 4. The number of fused-ring (bicyclic) bond motifs is 3. The molecule has 7 heteroatoms. The Morgan fingerprint density at radius 2 is 1.64 bits per heavy atom. The molecular weight excluding hydrogens is 496 g/mol. The quantitative estimate of drug-likeness (QED) is 0.363. The fraction of sp³-hybridized carbons (Fsp3) is 0.594. The highest BCUT2D eigenvalue weighted by molar-refractivity contribution is 6.24. The first-order valence-corrected chi connectivity index (χ1v) is 13.9. The van der Waals surface area contributed by atoms with E-state index in [4.69, 9.17) is 0 Å². The summed E-state index contributed by atoms with van der Waals surface area (Å²) in [6.45, 7) is 16.3. The van der Waals surface area contributed by atoms with Gasteiger partial charge in [0, 0.05) is 22.3 Å². The van der Waals surface area contributed by atoms with Gasteiger partial charge in [-0.25, -0.2) is 0 Å². The van der Waals surface area contributed by atoms with Crippen LogP contribution in [0.1, 0.15) is 96.9 Å². The van der Waals surface area contributed by atoms with Crippen LogP contribution >= 0.6 is 0 Å². The van der Waals surface area contributed by atoms with E-state index in [1.165, 1.54) is 0 Å². The number of carbonyl (C=O) groups excluding carboxylic acids is 3. The van der Waals surface area contributed by atoms with Crippen molar-refractivity contribution in [2.75, 3.05) is 0 Å². The zero-order chi connectivity index (χ0) is 29.6. The number of aliphatic hydroxyl groups excluding tert-OH is 2. The highest BCUT2D eigenvalue weighted by atomic mass is 16.3. The number of aromatic hydroxyl groups is 1. The fourth-order valence-electron chi connectivity index (χ4n) is 7.98. The van der Waals surface area contributed by atoms with Gasteiger partial charge in [0.2, 0.25) is 5.78 Å². The molecule has 1 aromatic carbocycles. The minimum absolute atomic E-state index is 0.0693. The van der Waals surface area contributed by atoms with Gasteiger partial charge in [0.15, 0.2) is 17.2 Å². The number of rotatable bonds is 5. The summed E-state index contributed by atoms with van der Waals surface area (Å²) in [6.07, 6.45) is 0.959. The lowest BCUT2D eigenvalue weighted by Crippen LogP contribution is -2.69. The van der Waals surface area contributed by atoms with Crippen LogP contribution in [0, 0.1) is 28.6 Å². The van der Waals surface area contributed by atoms with Gasteiger partial charge in [-0.3, -0.25) is 14.4 Å². The topological polar surface area (TPSA) is 132 Å². The molecule has 3 aliphatic carbocycles. The maximum Gasteiger partial charge on any atom is 0.203 e. The van der Waals surface area contributed by atoms with Crippen LogP contribution in [-0.2, 0) is 27.2 Å². The lowest BCUT2D eigenvalue weighted by molar-refractivity contribution is -0.178. The van der Waals surface area contributed by atoms with E-state index in [1.807, 2.05) is 40.7 Å². The zero-order valence-electron chi connectivity index (χ0n) is 24.5. The van der Waals surface area contributed by atoms with E-state index in [9.17, 15) is 34.8 Å². The molecule has 0 aromatic heterocycles. The van der Waals surface area contributed by atoms with Crippen molar-refractivity contribution in [3.63, 3.8) is 0 Å². The summed E-state index contributed by atoms with van der Waals surface area (Å²) in [5.74, 6) is -4.67. The summed E-state index contributed by atoms with van der Waals surface area (Å²) in [5, 5.41) is 46.6. The van der Waals surface area contributed by atoms with Gasteiger partial charge < -0.3 is 20.4 Å². The van der Waals surface area contributed by atoms with Crippen molar-refractivity contribution >= 4 is 23.1 Å². The lowest BCUT2D eigenvalue weighted by atomic mass is 9.43. The number of ketones is 3. The standard InChI is InChI=1S/C32H42O7/c1-14(2)10-18-11-19(15(3)4)20-12-30(8)13-31(9)23(16(5)6)26(35)21(17(7)33)28(37)32(31,39)29(38)24(30)27(36)22(20)25(18)34/h11,14-16,23,34,36-37,39H,10,12-13H2,1-9H3/t23?,30-,31-,32+/m1/s1. The second-order valence-corrected chi connectivity index (χ2v) is 13.5. The van der Waals surface area contributed by atoms with Crippen LogP contribution in [0.4, 0.5) is 0 Å². The van der Waals surface area contributed by atoms with E-state index in [0.29, 0.717) is 18.4 Å². The summed E-state index contributed by atoms with van der Waals surface area (Å²) in [5.41, 5.74) is -3.15. The highest BCUT2D eigenvalue weighted by Gasteiger charge is 2.72. The van der Waals surface area contributed by atoms with E-state index in [1.54, 1.807) is 20.8 Å². The van der Waals surface area contributed by atoms with Crippen LogP contribution in [0.15, 0.2) is 23.0 Å². The molecule has 4 rings (SSSR count). The van der Waals surface area contributed by atoms with Gasteiger partial charge in [0.25, 0.3) is 0 Å². The van der Waals surface area contributed by atoms with E-state index in [-0.39, 0.29) is 41.1 Å². The molecule has 1 unspecified atom stereocenters. The van der Waals surface area contributed by atoms with Crippen LogP contribution in [0.2, 0.25) is 0 Å². The van der Waals surface area contributed by atoms with Crippen LogP contribution in [0.5, 0.6) is 5.75 Å². The van der Waals surface area contributed by atoms with Crippen molar-refractivity contribution in [2.45, 2.75) is 93.1 Å². The first-order valence-electron chi connectivity index (χ1n) is 13.9. The molecule has 0 spiro atoms. The molecule has 1 saturated carbocycles. The van der Waals surface area contributed by atoms with Crippen molar-refractivity contribution in [2.24, 2.45) is 28.6 Å². The van der Waals surface area contributed by atoms with Gasteiger partial charge in [0.1, 0.15) is 22.8 Å². The van der Waals surface area contributed by atoms with Crippen molar-refractivity contribution in [1.82, 2.24) is 0 Å². The van der Waals surface area contributed by atoms with E-state index in [2.05, 4.69) is 0 Å². The van der Waals surface area contributed by atoms with Gasteiger partial charge >= 0.3 is 0 Å². The molecule has 1 aromatic rings. The van der Waals surface area contributed by atoms with Gasteiger partial charge in [0.05, 0.1) is 5.56 Å². The number of hydrogen-bond acceptors (Lipinski definition) is 7. The number of phenols is 1. The van der Waals surface area contributed by atoms with Gasteiger partial charge in [-0.15, -0.1) is 0 Å². The molecule has 7 nitrogen and oxygen atoms in total. The number of Topliss-reactive ketones (excluding diaryl/α,β-unsaturated/α-hetero) is 3. The smallest absolute Gasteiger partial charge is 0.203 e. The fourth-order valence-corrected chi connectivity index (χ4v) is 7.98. The second-order valence-electron chi connectivity index (χ2n) is 13.5. The maximum absolute atomic E-state index is 14.4. The van der Waals surface area contributed by atoms with Gasteiger partial charge in [-0.2, -0.15) is 0 Å². The third-order valence-corrected chi connectivity index (χ3v) is 9.37. The summed E-state index contributed by atoms with van der Waals surface area (Å²) in [6, 6.07) is 1.98. The predicted molar refractivity (Wildman–Crippen MR) is 148 cm³/mol. The summed E-state index contributed by atoms with van der Waals surface area (Å²) in [4.78, 5) is 40.5. The molecule has 4 atom stereocenters. The Kier molecular flexibility index (Phi) is 6.74. The largest absolute Gasteiger partial charge is 0.508 e. The van der Waals surface area contributed by atoms with Crippen molar-refractivity contribution in [3.05, 3.63) is 45.2 Å². The van der Waals surface area contributed by atoms with Crippen LogP contribution in [-0.4, -0.2) is 43.4 Å². The minimum atomic E-state index is -2.59. The zero-order valence-corrected chi connectivity index (χ0v) is 24.5. The van der Waals surface area contributed by atoms with Crippen LogP contribution < -0.4 is 0 Å². The Bertz CT molecular complexity index is 1360. The Hall–Kier alpha value is -2.93. The Morgan fingerprint density at radius 1 is 1.05 bits per heavy atom.